The van der Waals surface area contributed by atoms with Gasteiger partial charge in [-0.25, -0.2) is 9.78 Å². The van der Waals surface area contributed by atoms with Gasteiger partial charge in [0.2, 0.25) is 0 Å². The van der Waals surface area contributed by atoms with Gasteiger partial charge in [-0.3, -0.25) is 0 Å². The molecule has 3 aromatic rings. The first-order chi connectivity index (χ1) is 13.5. The van der Waals surface area contributed by atoms with E-state index in [1.54, 1.807) is 6.07 Å². The second kappa shape index (κ2) is 9.02. The Balaban J connectivity index is 2.09. The lowest BCUT2D eigenvalue weighted by atomic mass is 9.96. The molecule has 2 aromatic carbocycles. The highest BCUT2D eigenvalue weighted by Gasteiger charge is 2.15. The molecule has 0 fully saturated rings. The molecule has 0 bridgehead atoms. The Labute approximate surface area is 173 Å². The normalized spacial score (nSPS) is 11.8. The van der Waals surface area contributed by atoms with E-state index in [0.29, 0.717) is 18.2 Å². The van der Waals surface area contributed by atoms with E-state index in [-0.39, 0.29) is 5.69 Å². The van der Waals surface area contributed by atoms with Crippen LogP contribution in [0.3, 0.4) is 0 Å². The predicted molar refractivity (Wildman–Crippen MR) is 115 cm³/mol. The lowest BCUT2D eigenvalue weighted by Gasteiger charge is -2.17. The minimum absolute atomic E-state index is 0.0230. The van der Waals surface area contributed by atoms with Crippen molar-refractivity contribution >= 4 is 21.9 Å². The van der Waals surface area contributed by atoms with Gasteiger partial charge in [0.15, 0.2) is 0 Å². The SMILES string of the molecule is CC[C@H](C)COc1ccc(Br)cc1-c1ccccc1-c1cccc(C(=O)O)n1. The van der Waals surface area contributed by atoms with Gasteiger partial charge in [-0.1, -0.05) is 66.5 Å². The van der Waals surface area contributed by atoms with Crippen LogP contribution in [0.4, 0.5) is 0 Å². The number of hydrogen-bond donors (Lipinski definition) is 1. The molecule has 0 unspecified atom stereocenters. The molecule has 1 heterocycles. The molecule has 1 aromatic heterocycles. The van der Waals surface area contributed by atoms with E-state index in [0.717, 1.165) is 33.3 Å². The van der Waals surface area contributed by atoms with Gasteiger partial charge >= 0.3 is 5.97 Å². The van der Waals surface area contributed by atoms with Crippen molar-refractivity contribution in [3.63, 3.8) is 0 Å². The number of carboxylic acids is 1. The Hall–Kier alpha value is -2.66. The highest BCUT2D eigenvalue weighted by Crippen LogP contribution is 2.38. The maximum Gasteiger partial charge on any atom is 0.354 e. The topological polar surface area (TPSA) is 59.4 Å². The van der Waals surface area contributed by atoms with E-state index < -0.39 is 5.97 Å². The number of aromatic nitrogens is 1. The lowest BCUT2D eigenvalue weighted by Crippen LogP contribution is -2.08. The van der Waals surface area contributed by atoms with Crippen molar-refractivity contribution in [2.75, 3.05) is 6.61 Å². The number of pyridine rings is 1. The summed E-state index contributed by atoms with van der Waals surface area (Å²) in [5.74, 6) is 0.213. The molecule has 1 N–H and O–H groups in total. The number of carboxylic acid groups (broad SMARTS) is 1. The van der Waals surface area contributed by atoms with Gasteiger partial charge in [0.05, 0.1) is 12.3 Å². The van der Waals surface area contributed by atoms with Crippen LogP contribution in [0.25, 0.3) is 22.4 Å². The number of rotatable bonds is 7. The second-order valence-electron chi connectivity index (χ2n) is 6.72. The summed E-state index contributed by atoms with van der Waals surface area (Å²) in [4.78, 5) is 15.6. The van der Waals surface area contributed by atoms with Crippen molar-refractivity contribution in [3.8, 4) is 28.1 Å². The minimum atomic E-state index is -1.04. The number of nitrogens with zero attached hydrogens (tertiary/aromatic N) is 1. The second-order valence-corrected chi connectivity index (χ2v) is 7.64. The highest BCUT2D eigenvalue weighted by atomic mass is 79.9. The molecule has 144 valence electrons. The van der Waals surface area contributed by atoms with Crippen LogP contribution < -0.4 is 4.74 Å². The summed E-state index contributed by atoms with van der Waals surface area (Å²) in [6, 6.07) is 18.8. The molecular weight excluding hydrogens is 418 g/mol. The molecule has 28 heavy (non-hydrogen) atoms. The van der Waals surface area contributed by atoms with Crippen LogP contribution in [-0.4, -0.2) is 22.7 Å². The largest absolute Gasteiger partial charge is 0.493 e. The Bertz CT molecular complexity index is 987. The number of halogens is 1. The van der Waals surface area contributed by atoms with E-state index in [1.807, 2.05) is 48.5 Å². The predicted octanol–water partition coefficient (Wildman–Crippen LogP) is 6.30. The number of hydrogen-bond acceptors (Lipinski definition) is 3. The Morgan fingerprint density at radius 2 is 1.82 bits per heavy atom. The fourth-order valence-electron chi connectivity index (χ4n) is 2.83. The van der Waals surface area contributed by atoms with Crippen LogP contribution in [0.5, 0.6) is 5.75 Å². The first kappa shape index (κ1) is 20.1. The maximum atomic E-state index is 11.3. The van der Waals surface area contributed by atoms with Crippen molar-refractivity contribution < 1.29 is 14.6 Å². The molecule has 0 aliphatic rings. The zero-order chi connectivity index (χ0) is 20.1. The van der Waals surface area contributed by atoms with Crippen molar-refractivity contribution in [1.29, 1.82) is 0 Å². The van der Waals surface area contributed by atoms with Gasteiger partial charge in [0.1, 0.15) is 11.4 Å². The van der Waals surface area contributed by atoms with Crippen LogP contribution in [0, 0.1) is 5.92 Å². The molecule has 0 spiro atoms. The van der Waals surface area contributed by atoms with E-state index in [4.69, 9.17) is 4.74 Å². The molecule has 0 amide bonds. The zero-order valence-corrected chi connectivity index (χ0v) is 17.4. The van der Waals surface area contributed by atoms with E-state index in [2.05, 4.69) is 34.8 Å². The van der Waals surface area contributed by atoms with Crippen LogP contribution in [0.1, 0.15) is 30.8 Å². The molecule has 1 atom stereocenters. The summed E-state index contributed by atoms with van der Waals surface area (Å²) in [6.07, 6.45) is 1.05. The summed E-state index contributed by atoms with van der Waals surface area (Å²) in [7, 11) is 0. The van der Waals surface area contributed by atoms with Gasteiger partial charge in [0.25, 0.3) is 0 Å². The molecule has 5 heteroatoms. The number of ether oxygens (including phenoxy) is 1. The molecule has 4 nitrogen and oxygen atoms in total. The maximum absolute atomic E-state index is 11.3. The summed E-state index contributed by atoms with van der Waals surface area (Å²) in [6.45, 7) is 4.95. The fraction of sp³-hybridized carbons (Fsp3) is 0.217. The third kappa shape index (κ3) is 4.60. The van der Waals surface area contributed by atoms with E-state index >= 15 is 0 Å². The number of aromatic carboxylic acids is 1. The van der Waals surface area contributed by atoms with Crippen LogP contribution in [0.2, 0.25) is 0 Å². The molecule has 0 saturated carbocycles. The van der Waals surface area contributed by atoms with Crippen molar-refractivity contribution in [1.82, 2.24) is 4.98 Å². The minimum Gasteiger partial charge on any atom is -0.493 e. The molecule has 0 saturated heterocycles. The van der Waals surface area contributed by atoms with Crippen molar-refractivity contribution in [2.45, 2.75) is 20.3 Å². The summed E-state index contributed by atoms with van der Waals surface area (Å²) >= 11 is 3.55. The Morgan fingerprint density at radius 1 is 1.07 bits per heavy atom. The van der Waals surface area contributed by atoms with E-state index in [9.17, 15) is 9.90 Å². The monoisotopic (exact) mass is 439 g/mol. The van der Waals surface area contributed by atoms with E-state index in [1.165, 1.54) is 6.07 Å². The molecule has 3 rings (SSSR count). The molecule has 0 radical (unpaired) electrons. The molecule has 0 aliphatic heterocycles. The third-order valence-corrected chi connectivity index (χ3v) is 5.12. The first-order valence-corrected chi connectivity index (χ1v) is 10.0. The smallest absolute Gasteiger partial charge is 0.354 e. The third-order valence-electron chi connectivity index (χ3n) is 4.62. The van der Waals surface area contributed by atoms with Crippen molar-refractivity contribution in [2.24, 2.45) is 5.92 Å². The Morgan fingerprint density at radius 3 is 2.54 bits per heavy atom. The van der Waals surface area contributed by atoms with Crippen LogP contribution in [0.15, 0.2) is 65.1 Å². The van der Waals surface area contributed by atoms with Gasteiger partial charge < -0.3 is 9.84 Å². The van der Waals surface area contributed by atoms with Crippen molar-refractivity contribution in [3.05, 3.63) is 70.8 Å². The summed E-state index contributed by atoms with van der Waals surface area (Å²) < 4.78 is 7.06. The highest BCUT2D eigenvalue weighted by molar-refractivity contribution is 9.10. The standard InChI is InChI=1S/C23H22BrNO3/c1-3-15(2)14-28-22-12-11-16(24)13-19(22)17-7-4-5-8-18(17)20-9-6-10-21(25-20)23(26)27/h4-13,15H,3,14H2,1-2H3,(H,26,27)/t15-/m0/s1. The Kier molecular flexibility index (Phi) is 6.47. The van der Waals surface area contributed by atoms with Crippen LogP contribution >= 0.6 is 15.9 Å². The van der Waals surface area contributed by atoms with Crippen LogP contribution in [-0.2, 0) is 0 Å². The first-order valence-electron chi connectivity index (χ1n) is 9.22. The fourth-order valence-corrected chi connectivity index (χ4v) is 3.19. The average molecular weight is 440 g/mol. The number of carbonyl (C=O) groups is 1. The number of benzene rings is 2. The summed E-state index contributed by atoms with van der Waals surface area (Å²) in [5.41, 5.74) is 3.38. The molecular formula is C23H22BrNO3. The zero-order valence-electron chi connectivity index (χ0n) is 15.9. The average Bonchev–Trinajstić information content (AvgIpc) is 2.72. The summed E-state index contributed by atoms with van der Waals surface area (Å²) in [5, 5.41) is 9.28. The van der Waals surface area contributed by atoms with Gasteiger partial charge in [0, 0.05) is 15.6 Å². The molecule has 0 aliphatic carbocycles. The van der Waals surface area contributed by atoms with Gasteiger partial charge in [-0.05, 0) is 41.8 Å². The lowest BCUT2D eigenvalue weighted by molar-refractivity contribution is 0.0690. The van der Waals surface area contributed by atoms with Gasteiger partial charge in [-0.2, -0.15) is 0 Å². The van der Waals surface area contributed by atoms with Gasteiger partial charge in [-0.15, -0.1) is 0 Å². The quantitative estimate of drug-likeness (QED) is 0.468.